The van der Waals surface area contributed by atoms with Crippen molar-refractivity contribution in [3.8, 4) is 5.75 Å². The van der Waals surface area contributed by atoms with E-state index in [1.807, 2.05) is 28.9 Å². The van der Waals surface area contributed by atoms with E-state index in [2.05, 4.69) is 27.5 Å². The predicted molar refractivity (Wildman–Crippen MR) is 80.8 cm³/mol. The molecule has 2 atom stereocenters. The van der Waals surface area contributed by atoms with Crippen LogP contribution in [0.5, 0.6) is 5.75 Å². The van der Waals surface area contributed by atoms with Crippen molar-refractivity contribution in [3.63, 3.8) is 0 Å². The third kappa shape index (κ3) is 2.13. The molecule has 1 aliphatic rings. The van der Waals surface area contributed by atoms with Crippen LogP contribution in [-0.4, -0.2) is 21.9 Å². The van der Waals surface area contributed by atoms with Gasteiger partial charge in [0, 0.05) is 6.42 Å². The summed E-state index contributed by atoms with van der Waals surface area (Å²) in [7, 11) is 1.67. The molecule has 0 unspecified atom stereocenters. The van der Waals surface area contributed by atoms with Gasteiger partial charge in [-0.25, -0.2) is 4.68 Å². The molecule has 0 saturated heterocycles. The average Bonchev–Trinajstić information content (AvgIpc) is 3.25. The molecule has 0 aliphatic carbocycles. The molecule has 1 aliphatic heterocycles. The van der Waals surface area contributed by atoms with Crippen molar-refractivity contribution in [2.75, 3.05) is 12.4 Å². The van der Waals surface area contributed by atoms with Crippen molar-refractivity contribution in [3.05, 3.63) is 60.3 Å². The van der Waals surface area contributed by atoms with Crippen LogP contribution in [0.4, 0.5) is 5.95 Å². The second kappa shape index (κ2) is 5.22. The minimum Gasteiger partial charge on any atom is -0.497 e. The summed E-state index contributed by atoms with van der Waals surface area (Å²) in [6.07, 6.45) is 4.10. The fraction of sp³-hybridized carbons (Fsp3) is 0.250. The molecule has 3 aromatic rings. The van der Waals surface area contributed by atoms with Crippen molar-refractivity contribution in [1.82, 2.24) is 14.8 Å². The number of aromatic nitrogens is 3. The molecule has 1 N–H and O–H groups in total. The van der Waals surface area contributed by atoms with E-state index < -0.39 is 0 Å². The Hall–Kier alpha value is -2.76. The van der Waals surface area contributed by atoms with Gasteiger partial charge in [0.25, 0.3) is 0 Å². The smallest absolute Gasteiger partial charge is 0.222 e. The Labute approximate surface area is 127 Å². The lowest BCUT2D eigenvalue weighted by Crippen LogP contribution is -2.27. The lowest BCUT2D eigenvalue weighted by molar-refractivity contribution is 0.358. The summed E-state index contributed by atoms with van der Waals surface area (Å²) < 4.78 is 12.7. The molecule has 22 heavy (non-hydrogen) atoms. The molecule has 6 heteroatoms. The number of anilines is 1. The molecule has 0 bridgehead atoms. The summed E-state index contributed by atoms with van der Waals surface area (Å²) in [5, 5.41) is 7.74. The quantitative estimate of drug-likeness (QED) is 0.804. The minimum atomic E-state index is 0.0425. The first kappa shape index (κ1) is 12.9. The molecule has 6 nitrogen and oxygen atoms in total. The summed E-state index contributed by atoms with van der Waals surface area (Å²) in [6.45, 7) is 0. The molecule has 0 spiro atoms. The molecule has 1 aromatic carbocycles. The van der Waals surface area contributed by atoms with Crippen LogP contribution < -0.4 is 10.1 Å². The van der Waals surface area contributed by atoms with E-state index >= 15 is 0 Å². The third-order valence-corrected chi connectivity index (χ3v) is 4.02. The molecule has 0 amide bonds. The number of ether oxygens (including phenoxy) is 1. The monoisotopic (exact) mass is 296 g/mol. The minimum absolute atomic E-state index is 0.0425. The summed E-state index contributed by atoms with van der Waals surface area (Å²) in [5.74, 6) is 2.51. The molecule has 0 saturated carbocycles. The molecule has 112 valence electrons. The zero-order chi connectivity index (χ0) is 14.9. The average molecular weight is 296 g/mol. The lowest BCUT2D eigenvalue weighted by Gasteiger charge is -2.30. The zero-order valence-corrected chi connectivity index (χ0v) is 12.1. The van der Waals surface area contributed by atoms with Crippen LogP contribution in [0.15, 0.2) is 53.4 Å². The highest BCUT2D eigenvalue weighted by Gasteiger charge is 2.31. The van der Waals surface area contributed by atoms with E-state index in [0.717, 1.165) is 23.9 Å². The van der Waals surface area contributed by atoms with Gasteiger partial charge in [-0.15, -0.1) is 0 Å². The summed E-state index contributed by atoms with van der Waals surface area (Å²) >= 11 is 0. The highest BCUT2D eigenvalue weighted by atomic mass is 16.5. The van der Waals surface area contributed by atoms with E-state index in [0.29, 0.717) is 0 Å². The van der Waals surface area contributed by atoms with Crippen molar-refractivity contribution in [2.24, 2.45) is 0 Å². The van der Waals surface area contributed by atoms with Crippen LogP contribution in [0.25, 0.3) is 0 Å². The first-order chi connectivity index (χ1) is 10.8. The lowest BCUT2D eigenvalue weighted by atomic mass is 9.96. The van der Waals surface area contributed by atoms with Crippen molar-refractivity contribution in [2.45, 2.75) is 18.5 Å². The molecule has 3 heterocycles. The van der Waals surface area contributed by atoms with Crippen molar-refractivity contribution in [1.29, 1.82) is 0 Å². The number of hydrogen-bond donors (Lipinski definition) is 1. The molecular formula is C16H16N4O2. The number of methoxy groups -OCH3 is 1. The van der Waals surface area contributed by atoms with Gasteiger partial charge in [-0.05, 0) is 29.8 Å². The van der Waals surface area contributed by atoms with Crippen LogP contribution in [0.3, 0.4) is 0 Å². The Bertz CT molecular complexity index is 749. The van der Waals surface area contributed by atoms with Crippen molar-refractivity contribution < 1.29 is 9.15 Å². The van der Waals surface area contributed by atoms with Gasteiger partial charge >= 0.3 is 0 Å². The second-order valence-electron chi connectivity index (χ2n) is 5.27. The molecule has 0 radical (unpaired) electrons. The fourth-order valence-electron chi connectivity index (χ4n) is 2.89. The van der Waals surface area contributed by atoms with Crippen LogP contribution in [-0.2, 0) is 0 Å². The number of furan rings is 1. The van der Waals surface area contributed by atoms with Crippen LogP contribution in [0.2, 0.25) is 0 Å². The highest BCUT2D eigenvalue weighted by Crippen LogP contribution is 2.37. The van der Waals surface area contributed by atoms with E-state index in [1.54, 1.807) is 19.7 Å². The highest BCUT2D eigenvalue weighted by molar-refractivity contribution is 5.38. The normalized spacial score (nSPS) is 20.2. The number of benzene rings is 1. The topological polar surface area (TPSA) is 65.1 Å². The van der Waals surface area contributed by atoms with Crippen LogP contribution >= 0.6 is 0 Å². The largest absolute Gasteiger partial charge is 0.497 e. The van der Waals surface area contributed by atoms with Gasteiger partial charge in [-0.3, -0.25) is 0 Å². The van der Waals surface area contributed by atoms with E-state index in [4.69, 9.17) is 9.15 Å². The maximum absolute atomic E-state index is 5.58. The van der Waals surface area contributed by atoms with Gasteiger partial charge in [0.2, 0.25) is 5.95 Å². The van der Waals surface area contributed by atoms with Crippen LogP contribution in [0, 0.1) is 0 Å². The number of hydrogen-bond acceptors (Lipinski definition) is 5. The Kier molecular flexibility index (Phi) is 3.07. The van der Waals surface area contributed by atoms with E-state index in [-0.39, 0.29) is 12.1 Å². The van der Waals surface area contributed by atoms with E-state index in [1.165, 1.54) is 5.56 Å². The molecule has 2 aromatic heterocycles. The predicted octanol–water partition coefficient (Wildman–Crippen LogP) is 3.03. The van der Waals surface area contributed by atoms with E-state index in [9.17, 15) is 0 Å². The van der Waals surface area contributed by atoms with Gasteiger partial charge in [0.1, 0.15) is 23.9 Å². The molecule has 0 fully saturated rings. The number of rotatable bonds is 3. The third-order valence-electron chi connectivity index (χ3n) is 4.02. The standard InChI is InChI=1S/C16H16N4O2/c1-21-12-6-4-11(5-7-12)13-9-14(15-3-2-8-22-15)20-16(19-13)17-10-18-20/h2-8,10,13-14H,9H2,1H3,(H,17,18,19)/t13-,14-/m1/s1. The summed E-state index contributed by atoms with van der Waals surface area (Å²) in [4.78, 5) is 4.30. The Balaban J connectivity index is 1.68. The number of fused-ring (bicyclic) bond motifs is 1. The van der Waals surface area contributed by atoms with Crippen molar-refractivity contribution >= 4 is 5.95 Å². The first-order valence-electron chi connectivity index (χ1n) is 7.18. The summed E-state index contributed by atoms with van der Waals surface area (Å²) in [6, 6.07) is 12.2. The van der Waals surface area contributed by atoms with Gasteiger partial charge in [-0.1, -0.05) is 12.1 Å². The van der Waals surface area contributed by atoms with Gasteiger partial charge in [0.15, 0.2) is 0 Å². The van der Waals surface area contributed by atoms with Gasteiger partial charge in [0.05, 0.1) is 19.4 Å². The SMILES string of the molecule is COc1ccc([C@H]2C[C@H](c3ccco3)n3ncnc3N2)cc1. The Morgan fingerprint density at radius 3 is 2.86 bits per heavy atom. The molecular weight excluding hydrogens is 280 g/mol. The van der Waals surface area contributed by atoms with Gasteiger partial charge < -0.3 is 14.5 Å². The molecule has 4 rings (SSSR count). The zero-order valence-electron chi connectivity index (χ0n) is 12.1. The Morgan fingerprint density at radius 1 is 1.27 bits per heavy atom. The fourth-order valence-corrected chi connectivity index (χ4v) is 2.89. The summed E-state index contributed by atoms with van der Waals surface area (Å²) in [5.41, 5.74) is 1.19. The maximum Gasteiger partial charge on any atom is 0.222 e. The second-order valence-corrected chi connectivity index (χ2v) is 5.27. The maximum atomic E-state index is 5.58. The van der Waals surface area contributed by atoms with Crippen LogP contribution in [0.1, 0.15) is 29.8 Å². The van der Waals surface area contributed by atoms with Gasteiger partial charge in [-0.2, -0.15) is 10.1 Å². The number of nitrogens with zero attached hydrogens (tertiary/aromatic N) is 3. The Morgan fingerprint density at radius 2 is 2.14 bits per heavy atom. The first-order valence-corrected chi connectivity index (χ1v) is 7.18. The number of nitrogens with one attached hydrogen (secondary N) is 1.